The van der Waals surface area contributed by atoms with E-state index in [1.165, 1.54) is 88.6 Å². The Kier molecular flexibility index (Phi) is 6.64. The van der Waals surface area contributed by atoms with E-state index in [-0.39, 0.29) is 10.8 Å². The van der Waals surface area contributed by atoms with Gasteiger partial charge in [0.05, 0.1) is 11.0 Å². The first-order chi connectivity index (χ1) is 24.6. The van der Waals surface area contributed by atoms with E-state index in [1.807, 2.05) is 0 Å². The second-order valence-electron chi connectivity index (χ2n) is 15.3. The fraction of sp³-hybridized carbons (Fsp3) is 0.125. The van der Waals surface area contributed by atoms with E-state index in [0.717, 1.165) is 14.6 Å². The number of halogens is 2. The van der Waals surface area contributed by atoms with Crippen molar-refractivity contribution in [2.24, 2.45) is 0 Å². The summed E-state index contributed by atoms with van der Waals surface area (Å²) in [4.78, 5) is 0. The van der Waals surface area contributed by atoms with E-state index in [4.69, 9.17) is 0 Å². The van der Waals surface area contributed by atoms with E-state index in [0.29, 0.717) is 0 Å². The molecule has 7 aromatic carbocycles. The summed E-state index contributed by atoms with van der Waals surface area (Å²) in [6.45, 7) is 9.42. The Morgan fingerprint density at radius 2 is 0.784 bits per heavy atom. The summed E-state index contributed by atoms with van der Waals surface area (Å²) < 4.78 is 4.48. The van der Waals surface area contributed by atoms with Gasteiger partial charge in [0.2, 0.25) is 0 Å². The lowest BCUT2D eigenvalue weighted by Gasteiger charge is -2.22. The van der Waals surface area contributed by atoms with Crippen LogP contribution in [0.25, 0.3) is 72.0 Å². The minimum absolute atomic E-state index is 0.0448. The Morgan fingerprint density at radius 3 is 1.25 bits per heavy atom. The van der Waals surface area contributed by atoms with Crippen molar-refractivity contribution in [2.75, 3.05) is 0 Å². The molecule has 0 aliphatic heterocycles. The van der Waals surface area contributed by atoms with Gasteiger partial charge in [-0.05, 0) is 121 Å². The molecule has 10 rings (SSSR count). The molecule has 1 heterocycles. The molecule has 0 unspecified atom stereocenters. The fourth-order valence-corrected chi connectivity index (χ4v) is 10.4. The molecule has 0 N–H and O–H groups in total. The summed E-state index contributed by atoms with van der Waals surface area (Å²) in [6, 6.07) is 52.4. The molecule has 2 aliphatic carbocycles. The molecule has 0 atom stereocenters. The molecule has 1 aromatic heterocycles. The zero-order valence-electron chi connectivity index (χ0n) is 29.0. The first kappa shape index (κ1) is 31.1. The third-order valence-electron chi connectivity index (χ3n) is 11.7. The fourth-order valence-electron chi connectivity index (χ4n) is 9.10. The summed E-state index contributed by atoms with van der Waals surface area (Å²) in [5, 5.41) is 2.50. The molecule has 0 amide bonds. The van der Waals surface area contributed by atoms with Crippen LogP contribution in [0, 0.1) is 0 Å². The molecule has 51 heavy (non-hydrogen) atoms. The van der Waals surface area contributed by atoms with Gasteiger partial charge in [0.15, 0.2) is 0 Å². The van der Waals surface area contributed by atoms with Crippen LogP contribution in [0.4, 0.5) is 0 Å². The number of hydrogen-bond acceptors (Lipinski definition) is 0. The second-order valence-corrected chi connectivity index (χ2v) is 17.1. The molecule has 0 bridgehead atoms. The summed E-state index contributed by atoms with van der Waals surface area (Å²) >= 11 is 7.51. The maximum Gasteiger partial charge on any atom is 0.0541 e. The van der Waals surface area contributed by atoms with Crippen molar-refractivity contribution in [2.45, 2.75) is 38.5 Å². The first-order valence-electron chi connectivity index (χ1n) is 17.6. The summed E-state index contributed by atoms with van der Waals surface area (Å²) in [5.74, 6) is 0. The van der Waals surface area contributed by atoms with E-state index in [1.54, 1.807) is 0 Å². The van der Waals surface area contributed by atoms with Gasteiger partial charge >= 0.3 is 0 Å². The average molecular weight is 786 g/mol. The molecule has 246 valence electrons. The predicted octanol–water partition coefficient (Wildman–Crippen LogP) is 14.3. The molecule has 0 saturated carbocycles. The Morgan fingerprint density at radius 1 is 0.392 bits per heavy atom. The van der Waals surface area contributed by atoms with Gasteiger partial charge in [0.1, 0.15) is 0 Å². The minimum atomic E-state index is -0.0448. The molecule has 0 fully saturated rings. The van der Waals surface area contributed by atoms with Gasteiger partial charge in [0, 0.05) is 36.2 Å². The quantitative estimate of drug-likeness (QED) is 0.168. The van der Waals surface area contributed by atoms with Crippen LogP contribution in [-0.2, 0) is 10.8 Å². The monoisotopic (exact) mass is 783 g/mol. The van der Waals surface area contributed by atoms with Crippen molar-refractivity contribution >= 4 is 53.7 Å². The molecule has 3 heteroatoms. The van der Waals surface area contributed by atoms with Gasteiger partial charge in [0.25, 0.3) is 0 Å². The van der Waals surface area contributed by atoms with E-state index in [9.17, 15) is 0 Å². The Balaban J connectivity index is 1.17. The smallest absolute Gasteiger partial charge is 0.0541 e. The van der Waals surface area contributed by atoms with Crippen molar-refractivity contribution in [3.8, 4) is 50.2 Å². The lowest BCUT2D eigenvalue weighted by atomic mass is 9.81. The van der Waals surface area contributed by atoms with E-state index >= 15 is 0 Å². The topological polar surface area (TPSA) is 4.93 Å². The van der Waals surface area contributed by atoms with Crippen LogP contribution in [0.3, 0.4) is 0 Å². The molecular weight excluding hydrogens is 750 g/mol. The minimum Gasteiger partial charge on any atom is -0.309 e. The standard InChI is InChI=1S/C48H35Br2N/c1-47(2)41-11-7-5-9-35(41)37-17-13-30(23-43(37)47)28-15-19-45-39(21-28)40-22-29(16-20-46(40)51(45)34-26-32(49)25-33(50)27-34)31-14-18-38-36-10-6-8-12-42(36)48(3,4)44(38)24-31/h5-27H,1-4H3. The van der Waals surface area contributed by atoms with Crippen LogP contribution >= 0.6 is 31.9 Å². The molecule has 0 spiro atoms. The van der Waals surface area contributed by atoms with Gasteiger partial charge in [-0.3, -0.25) is 0 Å². The highest BCUT2D eigenvalue weighted by atomic mass is 79.9. The van der Waals surface area contributed by atoms with Crippen LogP contribution in [0.15, 0.2) is 148 Å². The maximum atomic E-state index is 3.76. The van der Waals surface area contributed by atoms with Crippen LogP contribution in [-0.4, -0.2) is 4.57 Å². The van der Waals surface area contributed by atoms with E-state index < -0.39 is 0 Å². The zero-order valence-corrected chi connectivity index (χ0v) is 32.2. The van der Waals surface area contributed by atoms with Crippen molar-refractivity contribution in [1.29, 1.82) is 0 Å². The molecule has 0 saturated heterocycles. The molecular formula is C48H35Br2N. The number of hydrogen-bond donors (Lipinski definition) is 0. The van der Waals surface area contributed by atoms with Gasteiger partial charge in [-0.15, -0.1) is 0 Å². The highest BCUT2D eigenvalue weighted by molar-refractivity contribution is 9.11. The largest absolute Gasteiger partial charge is 0.309 e. The molecule has 2 aliphatic rings. The van der Waals surface area contributed by atoms with Gasteiger partial charge in [-0.2, -0.15) is 0 Å². The molecule has 0 radical (unpaired) electrons. The van der Waals surface area contributed by atoms with Gasteiger partial charge < -0.3 is 4.57 Å². The van der Waals surface area contributed by atoms with Crippen molar-refractivity contribution in [3.63, 3.8) is 0 Å². The van der Waals surface area contributed by atoms with Crippen molar-refractivity contribution < 1.29 is 0 Å². The summed E-state index contributed by atoms with van der Waals surface area (Å²) in [6.07, 6.45) is 0. The van der Waals surface area contributed by atoms with Gasteiger partial charge in [-0.25, -0.2) is 0 Å². The highest BCUT2D eigenvalue weighted by Gasteiger charge is 2.36. The normalized spacial score (nSPS) is 14.8. The van der Waals surface area contributed by atoms with Crippen LogP contribution in [0.5, 0.6) is 0 Å². The number of aromatic nitrogens is 1. The Hall–Kier alpha value is -4.70. The maximum absolute atomic E-state index is 3.76. The number of benzene rings is 7. The Labute approximate surface area is 315 Å². The second kappa shape index (κ2) is 10.9. The number of nitrogens with zero attached hydrogens (tertiary/aromatic N) is 1. The van der Waals surface area contributed by atoms with Gasteiger partial charge in [-0.1, -0.05) is 144 Å². The van der Waals surface area contributed by atoms with E-state index in [2.05, 4.69) is 204 Å². The van der Waals surface area contributed by atoms with Crippen LogP contribution < -0.4 is 0 Å². The third kappa shape index (κ3) is 4.51. The molecule has 1 nitrogen and oxygen atoms in total. The predicted molar refractivity (Wildman–Crippen MR) is 222 cm³/mol. The van der Waals surface area contributed by atoms with Crippen LogP contribution in [0.2, 0.25) is 0 Å². The lowest BCUT2D eigenvalue weighted by molar-refractivity contribution is 0.660. The Bertz CT molecular complexity index is 2590. The zero-order chi connectivity index (χ0) is 34.8. The SMILES string of the molecule is CC1(C)c2ccccc2-c2ccc(-c3ccc4c(c3)c3cc(-c5ccc6c(c5)C(C)(C)c5ccccc5-6)ccc3n4-c3cc(Br)cc(Br)c3)cc21. The number of fused-ring (bicyclic) bond motifs is 9. The first-order valence-corrected chi connectivity index (χ1v) is 19.2. The van der Waals surface area contributed by atoms with Crippen molar-refractivity contribution in [1.82, 2.24) is 4.57 Å². The summed E-state index contributed by atoms with van der Waals surface area (Å²) in [7, 11) is 0. The lowest BCUT2D eigenvalue weighted by Crippen LogP contribution is -2.14. The molecule has 8 aromatic rings. The number of rotatable bonds is 3. The van der Waals surface area contributed by atoms with Crippen molar-refractivity contribution in [3.05, 3.63) is 171 Å². The van der Waals surface area contributed by atoms with Crippen LogP contribution in [0.1, 0.15) is 49.9 Å². The summed E-state index contributed by atoms with van der Waals surface area (Å²) in [5.41, 5.74) is 19.4. The average Bonchev–Trinajstić information content (AvgIpc) is 3.67. The highest BCUT2D eigenvalue weighted by Crippen LogP contribution is 2.51. The third-order valence-corrected chi connectivity index (χ3v) is 12.6.